The van der Waals surface area contributed by atoms with Crippen LogP contribution in [-0.2, 0) is 19.6 Å². The van der Waals surface area contributed by atoms with Gasteiger partial charge in [0.2, 0.25) is 15.9 Å². The first-order valence-corrected chi connectivity index (χ1v) is 10.4. The molecule has 2 rings (SSSR count). The molecule has 2 aliphatic rings. The van der Waals surface area contributed by atoms with E-state index in [0.29, 0.717) is 39.0 Å². The number of sulfonamides is 1. The van der Waals surface area contributed by atoms with E-state index < -0.39 is 21.0 Å². The fourth-order valence-corrected chi connectivity index (χ4v) is 4.73. The molecule has 8 heteroatoms. The quantitative estimate of drug-likeness (QED) is 0.715. The van der Waals surface area contributed by atoms with E-state index in [0.717, 1.165) is 0 Å². The lowest BCUT2D eigenvalue weighted by atomic mass is 9.54. The number of hydrogen-bond donors (Lipinski definition) is 2. The van der Waals surface area contributed by atoms with Gasteiger partial charge in [0, 0.05) is 37.6 Å². The average Bonchev–Trinajstić information content (AvgIpc) is 2.54. The number of nitrogens with zero attached hydrogens (tertiary/aromatic N) is 1. The third-order valence-electron chi connectivity index (χ3n) is 5.78. The Balaban J connectivity index is 1.91. The van der Waals surface area contributed by atoms with Crippen molar-refractivity contribution in [2.24, 2.45) is 11.1 Å². The Morgan fingerprint density at radius 1 is 1.29 bits per heavy atom. The van der Waals surface area contributed by atoms with Crippen molar-refractivity contribution in [3.8, 4) is 0 Å². The molecule has 0 aromatic heterocycles. The summed E-state index contributed by atoms with van der Waals surface area (Å²) in [4.78, 5) is 12.7. The van der Waals surface area contributed by atoms with Gasteiger partial charge in [-0.3, -0.25) is 4.79 Å². The molecule has 0 spiro atoms. The normalized spacial score (nSPS) is 31.5. The van der Waals surface area contributed by atoms with Crippen LogP contribution in [0.2, 0.25) is 0 Å². The van der Waals surface area contributed by atoms with Gasteiger partial charge in [-0.25, -0.2) is 12.7 Å². The van der Waals surface area contributed by atoms with Crippen LogP contribution in [0.25, 0.3) is 0 Å². The van der Waals surface area contributed by atoms with E-state index in [9.17, 15) is 13.2 Å². The first-order chi connectivity index (χ1) is 11.1. The van der Waals surface area contributed by atoms with E-state index in [4.69, 9.17) is 10.5 Å². The van der Waals surface area contributed by atoms with Crippen LogP contribution in [0.1, 0.15) is 47.0 Å². The maximum absolute atomic E-state index is 12.7. The Hall–Kier alpha value is -0.700. The van der Waals surface area contributed by atoms with Gasteiger partial charge >= 0.3 is 0 Å². The van der Waals surface area contributed by atoms with Crippen LogP contribution < -0.4 is 11.1 Å². The molecule has 24 heavy (non-hydrogen) atoms. The lowest BCUT2D eigenvalue weighted by Gasteiger charge is -2.57. The van der Waals surface area contributed by atoms with Crippen molar-refractivity contribution in [1.82, 2.24) is 9.62 Å². The van der Waals surface area contributed by atoms with Crippen LogP contribution >= 0.6 is 0 Å². The van der Waals surface area contributed by atoms with Gasteiger partial charge in [-0.15, -0.1) is 0 Å². The number of hydrogen-bond acceptors (Lipinski definition) is 5. The molecule has 1 saturated heterocycles. The molecule has 2 unspecified atom stereocenters. The molecule has 0 bridgehead atoms. The number of amides is 1. The van der Waals surface area contributed by atoms with Crippen molar-refractivity contribution in [2.75, 3.05) is 25.4 Å². The fraction of sp³-hybridized carbons (Fsp3) is 0.938. The molecule has 0 aromatic carbocycles. The zero-order valence-electron chi connectivity index (χ0n) is 15.2. The highest BCUT2D eigenvalue weighted by atomic mass is 32.2. The largest absolute Gasteiger partial charge is 0.378 e. The van der Waals surface area contributed by atoms with Gasteiger partial charge in [0.25, 0.3) is 0 Å². The topological polar surface area (TPSA) is 102 Å². The summed E-state index contributed by atoms with van der Waals surface area (Å²) in [6, 6.07) is -0.0248. The number of carbonyl (C=O) groups is 1. The van der Waals surface area contributed by atoms with E-state index in [1.165, 1.54) is 4.31 Å². The van der Waals surface area contributed by atoms with Crippen LogP contribution in [0.15, 0.2) is 0 Å². The summed E-state index contributed by atoms with van der Waals surface area (Å²) in [7, 11) is -3.15. The van der Waals surface area contributed by atoms with Gasteiger partial charge < -0.3 is 15.8 Å². The Kier molecular flexibility index (Phi) is 5.64. The number of carbonyl (C=O) groups excluding carboxylic acids is 1. The highest BCUT2D eigenvalue weighted by Crippen LogP contribution is 2.49. The predicted octanol–water partition coefficient (Wildman–Crippen LogP) is 0.449. The van der Waals surface area contributed by atoms with Gasteiger partial charge in [-0.1, -0.05) is 13.8 Å². The molecule has 2 atom stereocenters. The first-order valence-electron chi connectivity index (χ1n) is 8.77. The van der Waals surface area contributed by atoms with Crippen molar-refractivity contribution in [1.29, 1.82) is 0 Å². The van der Waals surface area contributed by atoms with E-state index >= 15 is 0 Å². The summed E-state index contributed by atoms with van der Waals surface area (Å²) < 4.78 is 30.9. The van der Waals surface area contributed by atoms with Crippen molar-refractivity contribution < 1.29 is 17.9 Å². The molecule has 1 saturated carbocycles. The predicted molar refractivity (Wildman–Crippen MR) is 92.9 cm³/mol. The third kappa shape index (κ3) is 3.34. The number of nitrogens with one attached hydrogen (secondary N) is 1. The molecule has 1 heterocycles. The minimum atomic E-state index is -3.15. The molecular weight excluding hydrogens is 330 g/mol. The van der Waals surface area contributed by atoms with Crippen LogP contribution in [0.5, 0.6) is 0 Å². The Labute approximate surface area is 145 Å². The standard InChI is InChI=1S/C16H31N3O4S/c1-5-23-13-11-16(17,15(13,3)4)14(20)18-12-7-9-19(10-8-12)24(21,22)6-2/h12-13H,5-11,17H2,1-4H3,(H,18,20). The lowest BCUT2D eigenvalue weighted by molar-refractivity contribution is -0.171. The summed E-state index contributed by atoms with van der Waals surface area (Å²) in [5, 5.41) is 3.03. The van der Waals surface area contributed by atoms with Crippen LogP contribution in [0.4, 0.5) is 0 Å². The minimum Gasteiger partial charge on any atom is -0.378 e. The highest BCUT2D eigenvalue weighted by molar-refractivity contribution is 7.89. The maximum Gasteiger partial charge on any atom is 0.241 e. The second-order valence-electron chi connectivity index (χ2n) is 7.39. The van der Waals surface area contributed by atoms with Crippen molar-refractivity contribution in [3.05, 3.63) is 0 Å². The second kappa shape index (κ2) is 6.90. The van der Waals surface area contributed by atoms with Crippen LogP contribution in [0, 0.1) is 5.41 Å². The molecule has 1 aliphatic carbocycles. The molecule has 1 aliphatic heterocycles. The number of rotatable bonds is 6. The zero-order valence-corrected chi connectivity index (χ0v) is 16.0. The molecule has 0 radical (unpaired) electrons. The second-order valence-corrected chi connectivity index (χ2v) is 9.65. The summed E-state index contributed by atoms with van der Waals surface area (Å²) in [5.74, 6) is -0.0385. The molecule has 0 aromatic rings. The highest BCUT2D eigenvalue weighted by Gasteiger charge is 2.63. The van der Waals surface area contributed by atoms with Crippen molar-refractivity contribution >= 4 is 15.9 Å². The van der Waals surface area contributed by atoms with E-state index in [1.807, 2.05) is 20.8 Å². The monoisotopic (exact) mass is 361 g/mol. The maximum atomic E-state index is 12.7. The number of nitrogens with two attached hydrogens (primary N) is 1. The van der Waals surface area contributed by atoms with Gasteiger partial charge in [0.05, 0.1) is 11.9 Å². The molecular formula is C16H31N3O4S. The van der Waals surface area contributed by atoms with Gasteiger partial charge in [0.15, 0.2) is 0 Å². The number of piperidine rings is 1. The minimum absolute atomic E-state index is 0.00482. The molecule has 3 N–H and O–H groups in total. The average molecular weight is 362 g/mol. The summed E-state index contributed by atoms with van der Waals surface area (Å²) >= 11 is 0. The fourth-order valence-electron chi connectivity index (χ4n) is 3.60. The van der Waals surface area contributed by atoms with Crippen LogP contribution in [-0.4, -0.2) is 61.8 Å². The molecule has 1 amide bonds. The number of ether oxygens (including phenoxy) is 1. The SMILES string of the molecule is CCOC1CC(N)(C(=O)NC2CCN(S(=O)(=O)CC)CC2)C1(C)C. The van der Waals surface area contributed by atoms with E-state index in [-0.39, 0.29) is 23.8 Å². The molecule has 7 nitrogen and oxygen atoms in total. The van der Waals surface area contributed by atoms with Gasteiger partial charge in [0.1, 0.15) is 5.54 Å². The smallest absolute Gasteiger partial charge is 0.241 e. The van der Waals surface area contributed by atoms with E-state index in [1.54, 1.807) is 6.92 Å². The third-order valence-corrected chi connectivity index (χ3v) is 7.66. The Bertz CT molecular complexity index is 570. The van der Waals surface area contributed by atoms with E-state index in [2.05, 4.69) is 5.32 Å². The molecule has 140 valence electrons. The molecule has 2 fully saturated rings. The van der Waals surface area contributed by atoms with Gasteiger partial charge in [-0.05, 0) is 26.7 Å². The summed E-state index contributed by atoms with van der Waals surface area (Å²) in [5.41, 5.74) is 5.03. The Morgan fingerprint density at radius 2 is 1.88 bits per heavy atom. The summed E-state index contributed by atoms with van der Waals surface area (Å²) in [6.07, 6.45) is 1.75. The van der Waals surface area contributed by atoms with Crippen LogP contribution in [0.3, 0.4) is 0 Å². The van der Waals surface area contributed by atoms with Crippen molar-refractivity contribution in [3.63, 3.8) is 0 Å². The van der Waals surface area contributed by atoms with Gasteiger partial charge in [-0.2, -0.15) is 0 Å². The first kappa shape index (κ1) is 19.6. The van der Waals surface area contributed by atoms with Crippen molar-refractivity contribution in [2.45, 2.75) is 64.6 Å². The Morgan fingerprint density at radius 3 is 2.33 bits per heavy atom. The zero-order chi connectivity index (χ0) is 18.2. The lowest BCUT2D eigenvalue weighted by Crippen LogP contribution is -2.76. The summed E-state index contributed by atoms with van der Waals surface area (Å²) in [6.45, 7) is 9.02.